The fourth-order valence-electron chi connectivity index (χ4n) is 1.68. The molecular weight excluding hydrogens is 190 g/mol. The minimum atomic E-state index is -0.244. The van der Waals surface area contributed by atoms with Gasteiger partial charge in [-0.05, 0) is 38.3 Å². The molecule has 1 rings (SSSR count). The van der Waals surface area contributed by atoms with Crippen molar-refractivity contribution in [1.82, 2.24) is 0 Å². The molecule has 2 atom stereocenters. The highest BCUT2D eigenvalue weighted by Crippen LogP contribution is 2.21. The van der Waals surface area contributed by atoms with Gasteiger partial charge in [0.15, 0.2) is 0 Å². The predicted molar refractivity (Wildman–Crippen MR) is 60.7 cm³/mol. The second-order valence-electron chi connectivity index (χ2n) is 4.04. The van der Waals surface area contributed by atoms with E-state index < -0.39 is 0 Å². The van der Waals surface area contributed by atoms with Crippen molar-refractivity contribution in [2.45, 2.75) is 45.3 Å². The number of furan rings is 1. The molecule has 0 saturated carbocycles. The molecule has 1 heterocycles. The quantitative estimate of drug-likeness (QED) is 0.785. The summed E-state index contributed by atoms with van der Waals surface area (Å²) in [6.45, 7) is 6.87. The van der Waals surface area contributed by atoms with Gasteiger partial charge in [0.05, 0.1) is 18.1 Å². The van der Waals surface area contributed by atoms with Crippen molar-refractivity contribution in [3.63, 3.8) is 0 Å². The molecule has 15 heavy (non-hydrogen) atoms. The molecule has 3 heteroatoms. The molecule has 0 aromatic carbocycles. The molecule has 0 aliphatic carbocycles. The maximum Gasteiger partial charge on any atom is 0.0935 e. The van der Waals surface area contributed by atoms with Crippen LogP contribution in [0.15, 0.2) is 23.0 Å². The topological polar surface area (TPSA) is 48.4 Å². The average Bonchev–Trinajstić information content (AvgIpc) is 2.70. The first kappa shape index (κ1) is 12.3. The van der Waals surface area contributed by atoms with E-state index in [1.54, 1.807) is 12.5 Å². The molecule has 3 nitrogen and oxygen atoms in total. The van der Waals surface area contributed by atoms with Gasteiger partial charge in [-0.15, -0.1) is 0 Å². The van der Waals surface area contributed by atoms with Crippen molar-refractivity contribution >= 4 is 0 Å². The second-order valence-corrected chi connectivity index (χ2v) is 4.04. The molecule has 0 saturated heterocycles. The summed E-state index contributed by atoms with van der Waals surface area (Å²) in [5, 5.41) is 0. The first-order valence-electron chi connectivity index (χ1n) is 5.53. The van der Waals surface area contributed by atoms with Gasteiger partial charge in [0.25, 0.3) is 0 Å². The molecule has 2 N–H and O–H groups in total. The van der Waals surface area contributed by atoms with Gasteiger partial charge in [0.1, 0.15) is 0 Å². The predicted octanol–water partition coefficient (Wildman–Crippen LogP) is 2.35. The first-order chi connectivity index (χ1) is 7.12. The van der Waals surface area contributed by atoms with Crippen LogP contribution in [0.4, 0.5) is 0 Å². The van der Waals surface area contributed by atoms with Gasteiger partial charge in [0, 0.05) is 12.6 Å². The van der Waals surface area contributed by atoms with Crippen LogP contribution >= 0.6 is 0 Å². The Labute approximate surface area is 91.6 Å². The first-order valence-corrected chi connectivity index (χ1v) is 5.53. The minimum absolute atomic E-state index is 0.0000463. The molecular formula is C12H21NO2. The summed E-state index contributed by atoms with van der Waals surface area (Å²) in [5.41, 5.74) is 7.06. The lowest BCUT2D eigenvalue weighted by Gasteiger charge is -2.34. The fourth-order valence-corrected chi connectivity index (χ4v) is 1.68. The summed E-state index contributed by atoms with van der Waals surface area (Å²) in [4.78, 5) is 0. The van der Waals surface area contributed by atoms with E-state index in [4.69, 9.17) is 14.9 Å². The minimum Gasteiger partial charge on any atom is -0.472 e. The van der Waals surface area contributed by atoms with Crippen LogP contribution in [0.1, 0.15) is 32.8 Å². The van der Waals surface area contributed by atoms with Crippen molar-refractivity contribution in [2.75, 3.05) is 6.61 Å². The zero-order chi connectivity index (χ0) is 11.3. The zero-order valence-corrected chi connectivity index (χ0v) is 9.82. The highest BCUT2D eigenvalue weighted by molar-refractivity contribution is 5.09. The third-order valence-electron chi connectivity index (χ3n) is 3.00. The van der Waals surface area contributed by atoms with Crippen LogP contribution in [-0.2, 0) is 11.2 Å². The van der Waals surface area contributed by atoms with E-state index in [-0.39, 0.29) is 11.6 Å². The molecule has 0 spiro atoms. The van der Waals surface area contributed by atoms with Gasteiger partial charge < -0.3 is 14.9 Å². The van der Waals surface area contributed by atoms with Crippen LogP contribution in [0, 0.1) is 0 Å². The van der Waals surface area contributed by atoms with Crippen LogP contribution in [0.25, 0.3) is 0 Å². The molecule has 0 bridgehead atoms. The molecule has 1 aromatic heterocycles. The van der Waals surface area contributed by atoms with Crippen molar-refractivity contribution < 1.29 is 9.15 Å². The maximum absolute atomic E-state index is 6.17. The standard InChI is InChI=1S/C12H21NO2/c1-4-12(3,15-5-2)11(13)8-10-6-7-14-9-10/h6-7,9,11H,4-5,8,13H2,1-3H3. The summed E-state index contributed by atoms with van der Waals surface area (Å²) in [5.74, 6) is 0. The molecule has 0 aliphatic rings. The summed E-state index contributed by atoms with van der Waals surface area (Å²) in [7, 11) is 0. The van der Waals surface area contributed by atoms with Crippen LogP contribution in [0.2, 0.25) is 0 Å². The third kappa shape index (κ3) is 3.08. The Bertz CT molecular complexity index is 271. The van der Waals surface area contributed by atoms with Crippen molar-refractivity contribution in [1.29, 1.82) is 0 Å². The van der Waals surface area contributed by atoms with Crippen LogP contribution in [0.5, 0.6) is 0 Å². The molecule has 0 amide bonds. The van der Waals surface area contributed by atoms with Gasteiger partial charge in [-0.2, -0.15) is 0 Å². The maximum atomic E-state index is 6.17. The largest absolute Gasteiger partial charge is 0.472 e. The number of hydrogen-bond donors (Lipinski definition) is 1. The van der Waals surface area contributed by atoms with Gasteiger partial charge in [-0.25, -0.2) is 0 Å². The summed E-state index contributed by atoms with van der Waals surface area (Å²) < 4.78 is 10.8. The van der Waals surface area contributed by atoms with E-state index in [9.17, 15) is 0 Å². The Morgan fingerprint density at radius 3 is 2.73 bits per heavy atom. The Kier molecular flexibility index (Phi) is 4.36. The van der Waals surface area contributed by atoms with Crippen LogP contribution in [-0.4, -0.2) is 18.2 Å². The highest BCUT2D eigenvalue weighted by Gasteiger charge is 2.30. The molecule has 2 unspecified atom stereocenters. The lowest BCUT2D eigenvalue weighted by atomic mass is 9.89. The Morgan fingerprint density at radius 2 is 2.27 bits per heavy atom. The van der Waals surface area contributed by atoms with Crippen LogP contribution < -0.4 is 5.73 Å². The number of nitrogens with two attached hydrogens (primary N) is 1. The second kappa shape index (κ2) is 5.33. The average molecular weight is 211 g/mol. The number of hydrogen-bond acceptors (Lipinski definition) is 3. The number of ether oxygens (including phenoxy) is 1. The summed E-state index contributed by atoms with van der Waals surface area (Å²) in [6.07, 6.45) is 5.12. The van der Waals surface area contributed by atoms with Gasteiger partial charge >= 0.3 is 0 Å². The van der Waals surface area contributed by atoms with Gasteiger partial charge in [-0.1, -0.05) is 6.92 Å². The lowest BCUT2D eigenvalue weighted by molar-refractivity contribution is -0.0461. The van der Waals surface area contributed by atoms with Crippen molar-refractivity contribution in [3.8, 4) is 0 Å². The third-order valence-corrected chi connectivity index (χ3v) is 3.00. The van der Waals surface area contributed by atoms with Crippen molar-refractivity contribution in [3.05, 3.63) is 24.2 Å². The molecule has 0 aliphatic heterocycles. The Hall–Kier alpha value is -0.800. The summed E-state index contributed by atoms with van der Waals surface area (Å²) in [6, 6.07) is 1.95. The highest BCUT2D eigenvalue weighted by atomic mass is 16.5. The van der Waals surface area contributed by atoms with E-state index in [0.717, 1.165) is 18.4 Å². The fraction of sp³-hybridized carbons (Fsp3) is 0.667. The lowest BCUT2D eigenvalue weighted by Crippen LogP contribution is -2.48. The zero-order valence-electron chi connectivity index (χ0n) is 9.82. The van der Waals surface area contributed by atoms with E-state index >= 15 is 0 Å². The molecule has 1 aromatic rings. The molecule has 0 radical (unpaired) electrons. The van der Waals surface area contributed by atoms with E-state index in [0.29, 0.717) is 6.61 Å². The molecule has 0 fully saturated rings. The molecule has 86 valence electrons. The van der Waals surface area contributed by atoms with Gasteiger partial charge in [-0.3, -0.25) is 0 Å². The SMILES string of the molecule is CCOC(C)(CC)C(N)Cc1ccoc1. The van der Waals surface area contributed by atoms with E-state index in [1.807, 2.05) is 13.0 Å². The van der Waals surface area contributed by atoms with E-state index in [2.05, 4.69) is 13.8 Å². The monoisotopic (exact) mass is 211 g/mol. The summed E-state index contributed by atoms with van der Waals surface area (Å²) >= 11 is 0. The van der Waals surface area contributed by atoms with E-state index in [1.165, 1.54) is 0 Å². The Morgan fingerprint density at radius 1 is 1.53 bits per heavy atom. The Balaban J connectivity index is 2.60. The van der Waals surface area contributed by atoms with Gasteiger partial charge in [0.2, 0.25) is 0 Å². The smallest absolute Gasteiger partial charge is 0.0935 e. The normalized spacial score (nSPS) is 17.3. The van der Waals surface area contributed by atoms with Crippen LogP contribution in [0.3, 0.4) is 0 Å². The van der Waals surface area contributed by atoms with Crippen molar-refractivity contribution in [2.24, 2.45) is 5.73 Å². The number of rotatable bonds is 6.